The molecule has 0 spiro atoms. The quantitative estimate of drug-likeness (QED) is 0.813. The van der Waals surface area contributed by atoms with Crippen LogP contribution < -0.4 is 5.32 Å². The Balaban J connectivity index is 1.98. The van der Waals surface area contributed by atoms with Gasteiger partial charge in [0.15, 0.2) is 0 Å². The van der Waals surface area contributed by atoms with Crippen molar-refractivity contribution < 1.29 is 4.79 Å². The molecular formula is C11H15N5OS. The number of nitrogens with one attached hydrogen (secondary N) is 1. The van der Waals surface area contributed by atoms with Crippen LogP contribution in [0, 0.1) is 13.8 Å². The van der Waals surface area contributed by atoms with Crippen molar-refractivity contribution in [3.8, 4) is 0 Å². The van der Waals surface area contributed by atoms with E-state index < -0.39 is 0 Å². The van der Waals surface area contributed by atoms with Gasteiger partial charge in [0.1, 0.15) is 10.7 Å². The third-order valence-electron chi connectivity index (χ3n) is 3.25. The van der Waals surface area contributed by atoms with Crippen molar-refractivity contribution in [3.05, 3.63) is 16.4 Å². The maximum Gasteiger partial charge on any atom is 0.265 e. The van der Waals surface area contributed by atoms with E-state index in [2.05, 4.69) is 15.5 Å². The van der Waals surface area contributed by atoms with Gasteiger partial charge in [-0.3, -0.25) is 9.20 Å². The van der Waals surface area contributed by atoms with Crippen LogP contribution in [0.15, 0.2) is 0 Å². The maximum absolute atomic E-state index is 12.4. The highest BCUT2D eigenvalue weighted by atomic mass is 32.1. The van der Waals surface area contributed by atoms with E-state index in [1.54, 1.807) is 0 Å². The zero-order valence-electron chi connectivity index (χ0n) is 10.4. The van der Waals surface area contributed by atoms with E-state index in [0.29, 0.717) is 0 Å². The SMILES string of the molecule is Cc1nnc2sc(C(=O)N3CCNCC3)c(C)n12. The second-order valence-electron chi connectivity index (χ2n) is 4.42. The predicted octanol–water partition coefficient (Wildman–Crippen LogP) is 0.453. The number of hydrogen-bond acceptors (Lipinski definition) is 5. The van der Waals surface area contributed by atoms with Crippen LogP contribution in [0.1, 0.15) is 21.2 Å². The Bertz CT molecular complexity index is 596. The molecule has 1 aliphatic rings. The molecule has 7 heteroatoms. The number of carbonyl (C=O) groups excluding carboxylic acids is 1. The second-order valence-corrected chi connectivity index (χ2v) is 5.40. The van der Waals surface area contributed by atoms with Gasteiger partial charge in [-0.25, -0.2) is 0 Å². The second kappa shape index (κ2) is 4.33. The summed E-state index contributed by atoms with van der Waals surface area (Å²) in [5.41, 5.74) is 0.945. The van der Waals surface area contributed by atoms with Gasteiger partial charge in [0, 0.05) is 31.9 Å². The number of piperazine rings is 1. The fraction of sp³-hybridized carbons (Fsp3) is 0.545. The van der Waals surface area contributed by atoms with Crippen LogP contribution in [0.5, 0.6) is 0 Å². The minimum absolute atomic E-state index is 0.115. The highest BCUT2D eigenvalue weighted by Gasteiger charge is 2.24. The summed E-state index contributed by atoms with van der Waals surface area (Å²) in [5.74, 6) is 0.946. The Hall–Kier alpha value is -1.47. The normalized spacial score (nSPS) is 16.4. The number of aromatic nitrogens is 3. The van der Waals surface area contributed by atoms with Crippen LogP contribution in [0.2, 0.25) is 0 Å². The van der Waals surface area contributed by atoms with Crippen LogP contribution in [0.25, 0.3) is 4.96 Å². The van der Waals surface area contributed by atoms with Crippen LogP contribution >= 0.6 is 11.3 Å². The van der Waals surface area contributed by atoms with Crippen molar-refractivity contribution in [1.29, 1.82) is 0 Å². The van der Waals surface area contributed by atoms with Gasteiger partial charge in [-0.2, -0.15) is 0 Å². The van der Waals surface area contributed by atoms with Gasteiger partial charge in [0.25, 0.3) is 5.91 Å². The number of nitrogens with zero attached hydrogens (tertiary/aromatic N) is 4. The molecule has 1 N–H and O–H groups in total. The first-order valence-corrected chi connectivity index (χ1v) is 6.81. The average molecular weight is 265 g/mol. The third kappa shape index (κ3) is 1.70. The molecule has 2 aromatic rings. The largest absolute Gasteiger partial charge is 0.335 e. The van der Waals surface area contributed by atoms with Gasteiger partial charge in [-0.15, -0.1) is 10.2 Å². The Morgan fingerprint density at radius 3 is 2.67 bits per heavy atom. The van der Waals surface area contributed by atoms with E-state index in [9.17, 15) is 4.79 Å². The lowest BCUT2D eigenvalue weighted by atomic mass is 10.3. The molecule has 2 aromatic heterocycles. The summed E-state index contributed by atoms with van der Waals surface area (Å²) in [5, 5.41) is 11.3. The Morgan fingerprint density at radius 2 is 2.00 bits per heavy atom. The molecule has 0 atom stereocenters. The van der Waals surface area contributed by atoms with Crippen molar-refractivity contribution in [3.63, 3.8) is 0 Å². The molecule has 0 radical (unpaired) electrons. The van der Waals surface area contributed by atoms with Crippen LogP contribution in [0.3, 0.4) is 0 Å². The van der Waals surface area contributed by atoms with E-state index in [4.69, 9.17) is 0 Å². The molecule has 1 fully saturated rings. The summed E-state index contributed by atoms with van der Waals surface area (Å²) < 4.78 is 1.94. The number of rotatable bonds is 1. The smallest absolute Gasteiger partial charge is 0.265 e. The molecule has 18 heavy (non-hydrogen) atoms. The summed E-state index contributed by atoms with van der Waals surface area (Å²) in [4.78, 5) is 15.9. The lowest BCUT2D eigenvalue weighted by molar-refractivity contribution is 0.0739. The number of carbonyl (C=O) groups is 1. The average Bonchev–Trinajstić information content (AvgIpc) is 2.92. The molecule has 0 bridgehead atoms. The summed E-state index contributed by atoms with van der Waals surface area (Å²) in [7, 11) is 0. The van der Waals surface area contributed by atoms with Gasteiger partial charge in [-0.05, 0) is 13.8 Å². The molecule has 1 aliphatic heterocycles. The van der Waals surface area contributed by atoms with Gasteiger partial charge in [-0.1, -0.05) is 11.3 Å². The zero-order chi connectivity index (χ0) is 12.7. The highest BCUT2D eigenvalue weighted by Crippen LogP contribution is 2.24. The van der Waals surface area contributed by atoms with Gasteiger partial charge >= 0.3 is 0 Å². The van der Waals surface area contributed by atoms with E-state index in [0.717, 1.165) is 47.5 Å². The first-order chi connectivity index (χ1) is 8.68. The Morgan fingerprint density at radius 1 is 1.28 bits per heavy atom. The minimum Gasteiger partial charge on any atom is -0.335 e. The fourth-order valence-electron chi connectivity index (χ4n) is 2.27. The van der Waals surface area contributed by atoms with Gasteiger partial charge in [0.2, 0.25) is 4.96 Å². The Labute approximate surface area is 109 Å². The topological polar surface area (TPSA) is 62.5 Å². The molecule has 1 amide bonds. The van der Waals surface area contributed by atoms with E-state index >= 15 is 0 Å². The third-order valence-corrected chi connectivity index (χ3v) is 4.37. The van der Waals surface area contributed by atoms with Crippen LogP contribution in [-0.2, 0) is 0 Å². The van der Waals surface area contributed by atoms with Crippen molar-refractivity contribution in [2.45, 2.75) is 13.8 Å². The number of hydrogen-bond donors (Lipinski definition) is 1. The lowest BCUT2D eigenvalue weighted by Gasteiger charge is -2.27. The van der Waals surface area contributed by atoms with E-state index in [1.807, 2.05) is 23.1 Å². The van der Waals surface area contributed by atoms with Gasteiger partial charge in [0.05, 0.1) is 0 Å². The summed E-state index contributed by atoms with van der Waals surface area (Å²) >= 11 is 1.42. The Kier molecular flexibility index (Phi) is 2.79. The number of fused-ring (bicyclic) bond motifs is 1. The van der Waals surface area contributed by atoms with Crippen molar-refractivity contribution in [2.75, 3.05) is 26.2 Å². The molecule has 0 aromatic carbocycles. The maximum atomic E-state index is 12.4. The standard InChI is InChI=1S/C11H15N5OS/c1-7-9(10(17)15-5-3-12-4-6-15)18-11-14-13-8(2)16(7)11/h12H,3-6H2,1-2H3. The summed E-state index contributed by atoms with van der Waals surface area (Å²) in [6, 6.07) is 0. The molecule has 3 heterocycles. The molecule has 0 unspecified atom stereocenters. The first-order valence-electron chi connectivity index (χ1n) is 5.99. The van der Waals surface area contributed by atoms with E-state index in [1.165, 1.54) is 11.3 Å². The molecule has 0 saturated carbocycles. The van der Waals surface area contributed by atoms with E-state index in [-0.39, 0.29) is 5.91 Å². The summed E-state index contributed by atoms with van der Waals surface area (Å²) in [6.45, 7) is 7.14. The molecule has 3 rings (SSSR count). The van der Waals surface area contributed by atoms with Gasteiger partial charge < -0.3 is 10.2 Å². The zero-order valence-corrected chi connectivity index (χ0v) is 11.3. The van der Waals surface area contributed by atoms with Crippen molar-refractivity contribution in [2.24, 2.45) is 0 Å². The first kappa shape index (κ1) is 11.6. The molecule has 1 saturated heterocycles. The summed E-state index contributed by atoms with van der Waals surface area (Å²) in [6.07, 6.45) is 0. The number of thiazole rings is 1. The molecule has 0 aliphatic carbocycles. The molecule has 6 nitrogen and oxygen atoms in total. The monoisotopic (exact) mass is 265 g/mol. The van der Waals surface area contributed by atoms with Crippen molar-refractivity contribution >= 4 is 22.2 Å². The highest BCUT2D eigenvalue weighted by molar-refractivity contribution is 7.19. The fourth-order valence-corrected chi connectivity index (χ4v) is 3.35. The van der Waals surface area contributed by atoms with Crippen LogP contribution in [-0.4, -0.2) is 51.6 Å². The minimum atomic E-state index is 0.115. The molecular weight excluding hydrogens is 250 g/mol. The predicted molar refractivity (Wildman–Crippen MR) is 69.1 cm³/mol. The number of amides is 1. The van der Waals surface area contributed by atoms with Crippen LogP contribution in [0.4, 0.5) is 0 Å². The molecule has 96 valence electrons. The number of aryl methyl sites for hydroxylation is 2. The lowest BCUT2D eigenvalue weighted by Crippen LogP contribution is -2.46. The van der Waals surface area contributed by atoms with Crippen molar-refractivity contribution in [1.82, 2.24) is 24.8 Å².